The fourth-order valence-electron chi connectivity index (χ4n) is 0.653. The van der Waals surface area contributed by atoms with Gasteiger partial charge in [-0.3, -0.25) is 4.79 Å². The highest BCUT2D eigenvalue weighted by molar-refractivity contribution is 5.80. The van der Waals surface area contributed by atoms with Crippen molar-refractivity contribution in [1.82, 2.24) is 0 Å². The van der Waals surface area contributed by atoms with Crippen molar-refractivity contribution in [3.63, 3.8) is 0 Å². The van der Waals surface area contributed by atoms with E-state index in [4.69, 9.17) is 0 Å². The lowest BCUT2D eigenvalue weighted by Crippen LogP contribution is -2.24. The summed E-state index contributed by atoms with van der Waals surface area (Å²) in [5.41, 5.74) is 0. The number of alkyl halides is 3. The number of carbonyl (C=O) groups is 1. The highest BCUT2D eigenvalue weighted by Crippen LogP contribution is 2.28. The van der Waals surface area contributed by atoms with Gasteiger partial charge in [0.05, 0.1) is 5.92 Å². The second kappa shape index (κ2) is 3.92. The largest absolute Gasteiger partial charge is 0.391 e. The van der Waals surface area contributed by atoms with Gasteiger partial charge in [0, 0.05) is 12.3 Å². The molecule has 1 nitrogen and oxygen atoms in total. The quantitative estimate of drug-likeness (QED) is 0.655. The third-order valence-electron chi connectivity index (χ3n) is 1.71. The van der Waals surface area contributed by atoms with Crippen LogP contribution in [0.5, 0.6) is 0 Å². The number of carbonyl (C=O) groups excluding carboxylic acids is 1. The molecule has 0 saturated heterocycles. The summed E-state index contributed by atoms with van der Waals surface area (Å²) in [5.74, 6) is -2.16. The van der Waals surface area contributed by atoms with Crippen LogP contribution in [0.2, 0.25) is 0 Å². The zero-order valence-electron chi connectivity index (χ0n) is 7.40. The fraction of sp³-hybridized carbons (Fsp3) is 0.875. The number of ketones is 1. The molecule has 0 heterocycles. The summed E-state index contributed by atoms with van der Waals surface area (Å²) < 4.78 is 35.8. The number of rotatable bonds is 3. The maximum atomic E-state index is 11.9. The molecule has 4 heteroatoms. The van der Waals surface area contributed by atoms with Crippen molar-refractivity contribution in [2.45, 2.75) is 33.4 Å². The van der Waals surface area contributed by atoms with Crippen molar-refractivity contribution in [2.75, 3.05) is 0 Å². The second-order valence-corrected chi connectivity index (χ2v) is 3.27. The molecule has 0 rings (SSSR count). The van der Waals surface area contributed by atoms with Crippen molar-refractivity contribution >= 4 is 5.78 Å². The first-order valence-electron chi connectivity index (χ1n) is 3.84. The first-order chi connectivity index (χ1) is 5.25. The lowest BCUT2D eigenvalue weighted by molar-refractivity contribution is -0.174. The lowest BCUT2D eigenvalue weighted by Gasteiger charge is -2.15. The Morgan fingerprint density at radius 3 is 1.92 bits per heavy atom. The van der Waals surface area contributed by atoms with E-state index in [1.807, 2.05) is 0 Å². The summed E-state index contributed by atoms with van der Waals surface area (Å²) in [4.78, 5) is 10.9. The first kappa shape index (κ1) is 11.5. The summed E-state index contributed by atoms with van der Waals surface area (Å²) in [7, 11) is 0. The van der Waals surface area contributed by atoms with Gasteiger partial charge in [-0.15, -0.1) is 0 Å². The Morgan fingerprint density at radius 1 is 1.25 bits per heavy atom. The minimum Gasteiger partial charge on any atom is -0.299 e. The number of hydrogen-bond acceptors (Lipinski definition) is 1. The Kier molecular flexibility index (Phi) is 3.74. The van der Waals surface area contributed by atoms with Crippen LogP contribution >= 0.6 is 0 Å². The van der Waals surface area contributed by atoms with E-state index in [0.29, 0.717) is 0 Å². The van der Waals surface area contributed by atoms with Gasteiger partial charge >= 0.3 is 6.18 Å². The van der Waals surface area contributed by atoms with Crippen LogP contribution in [0.4, 0.5) is 13.2 Å². The Bertz CT molecular complexity index is 160. The first-order valence-corrected chi connectivity index (χ1v) is 3.84. The van der Waals surface area contributed by atoms with Crippen LogP contribution in [0, 0.1) is 11.8 Å². The molecule has 1 atom stereocenters. The van der Waals surface area contributed by atoms with Crippen LogP contribution in [0.15, 0.2) is 0 Å². The molecule has 1 unspecified atom stereocenters. The molecule has 0 bridgehead atoms. The molecule has 0 spiro atoms. The van der Waals surface area contributed by atoms with E-state index in [1.54, 1.807) is 13.8 Å². The third kappa shape index (κ3) is 3.74. The Labute approximate surface area is 70.0 Å². The molecule has 0 N–H and O–H groups in total. The van der Waals surface area contributed by atoms with Gasteiger partial charge < -0.3 is 0 Å². The van der Waals surface area contributed by atoms with E-state index in [1.165, 1.54) is 0 Å². The summed E-state index contributed by atoms with van der Waals surface area (Å²) in [5, 5.41) is 0. The predicted molar refractivity (Wildman–Crippen MR) is 39.7 cm³/mol. The van der Waals surface area contributed by atoms with E-state index < -0.39 is 18.5 Å². The van der Waals surface area contributed by atoms with Gasteiger partial charge in [0.25, 0.3) is 0 Å². The molecule has 0 fully saturated rings. The molecule has 0 aromatic carbocycles. The van der Waals surface area contributed by atoms with Crippen LogP contribution in [0.3, 0.4) is 0 Å². The van der Waals surface area contributed by atoms with Crippen LogP contribution in [0.25, 0.3) is 0 Å². The van der Waals surface area contributed by atoms with Crippen molar-refractivity contribution in [3.8, 4) is 0 Å². The highest BCUT2D eigenvalue weighted by Gasteiger charge is 2.37. The Balaban J connectivity index is 4.02. The summed E-state index contributed by atoms with van der Waals surface area (Å²) >= 11 is 0. The van der Waals surface area contributed by atoms with E-state index in [2.05, 4.69) is 0 Å². The normalized spacial score (nSPS) is 14.9. The monoisotopic (exact) mass is 182 g/mol. The van der Waals surface area contributed by atoms with Crippen LogP contribution in [0.1, 0.15) is 27.2 Å². The SMILES string of the molecule is CC(C)C(=O)CC(C)C(F)(F)F. The highest BCUT2D eigenvalue weighted by atomic mass is 19.4. The minimum absolute atomic E-state index is 0.310. The van der Waals surface area contributed by atoms with Gasteiger partial charge in [-0.05, 0) is 0 Å². The molecule has 0 aliphatic heterocycles. The van der Waals surface area contributed by atoms with E-state index in [-0.39, 0.29) is 11.7 Å². The molecule has 0 saturated carbocycles. The maximum absolute atomic E-state index is 11.9. The average molecular weight is 182 g/mol. The molecule has 0 radical (unpaired) electrons. The van der Waals surface area contributed by atoms with Crippen molar-refractivity contribution in [3.05, 3.63) is 0 Å². The molecular formula is C8H13F3O. The third-order valence-corrected chi connectivity index (χ3v) is 1.71. The molecule has 0 aliphatic carbocycles. The number of halogens is 3. The standard InChI is InChI=1S/C8H13F3O/c1-5(2)7(12)4-6(3)8(9,10)11/h5-6H,4H2,1-3H3. The van der Waals surface area contributed by atoms with Crippen LogP contribution in [-0.4, -0.2) is 12.0 Å². The van der Waals surface area contributed by atoms with E-state index in [0.717, 1.165) is 6.92 Å². The van der Waals surface area contributed by atoms with Gasteiger partial charge in [0.2, 0.25) is 0 Å². The Morgan fingerprint density at radius 2 is 1.67 bits per heavy atom. The Hall–Kier alpha value is -0.540. The van der Waals surface area contributed by atoms with E-state index in [9.17, 15) is 18.0 Å². The fourth-order valence-corrected chi connectivity index (χ4v) is 0.653. The number of Topliss-reactive ketones (excluding diaryl/α,β-unsaturated/α-hetero) is 1. The average Bonchev–Trinajstić information content (AvgIpc) is 1.85. The summed E-state index contributed by atoms with van der Waals surface area (Å²) in [6.07, 6.45) is -4.65. The molecule has 0 aromatic heterocycles. The minimum atomic E-state index is -4.25. The van der Waals surface area contributed by atoms with Gasteiger partial charge in [-0.25, -0.2) is 0 Å². The molecule has 0 aliphatic rings. The smallest absolute Gasteiger partial charge is 0.299 e. The van der Waals surface area contributed by atoms with Gasteiger partial charge in [0.1, 0.15) is 5.78 Å². The van der Waals surface area contributed by atoms with Gasteiger partial charge in [0.15, 0.2) is 0 Å². The van der Waals surface area contributed by atoms with Crippen molar-refractivity contribution in [2.24, 2.45) is 11.8 Å². The topological polar surface area (TPSA) is 17.1 Å². The summed E-state index contributed by atoms with van der Waals surface area (Å²) in [6, 6.07) is 0. The molecule has 12 heavy (non-hydrogen) atoms. The second-order valence-electron chi connectivity index (χ2n) is 3.27. The molecular weight excluding hydrogens is 169 g/mol. The van der Waals surface area contributed by atoms with Crippen LogP contribution < -0.4 is 0 Å². The number of hydrogen-bond donors (Lipinski definition) is 0. The van der Waals surface area contributed by atoms with Crippen LogP contribution in [-0.2, 0) is 4.79 Å². The molecule has 72 valence electrons. The van der Waals surface area contributed by atoms with Gasteiger partial charge in [-0.1, -0.05) is 20.8 Å². The zero-order valence-corrected chi connectivity index (χ0v) is 7.40. The summed E-state index contributed by atoms with van der Waals surface area (Å²) in [6.45, 7) is 4.23. The lowest BCUT2D eigenvalue weighted by atomic mass is 9.98. The maximum Gasteiger partial charge on any atom is 0.391 e. The predicted octanol–water partition coefficient (Wildman–Crippen LogP) is 2.80. The van der Waals surface area contributed by atoms with Crippen molar-refractivity contribution < 1.29 is 18.0 Å². The van der Waals surface area contributed by atoms with Crippen molar-refractivity contribution in [1.29, 1.82) is 0 Å². The molecule has 0 amide bonds. The zero-order chi connectivity index (χ0) is 9.94. The van der Waals surface area contributed by atoms with E-state index >= 15 is 0 Å². The van der Waals surface area contributed by atoms with Gasteiger partial charge in [-0.2, -0.15) is 13.2 Å². The molecule has 0 aromatic rings.